The van der Waals surface area contributed by atoms with E-state index in [0.717, 1.165) is 5.69 Å². The molecule has 0 aliphatic carbocycles. The molecule has 1 amide bonds. The number of fused-ring (bicyclic) bond motifs is 2. The summed E-state index contributed by atoms with van der Waals surface area (Å²) in [6.45, 7) is 4.92. The number of amides is 1. The standard InChI is InChI=1S/C16H19N7O3/c1-9-5-15(26)23-16(17-9)18-13(20-23)7-14(25)21-3-4-22-11(8-21)6-12(19-22)10(2)24/h5-6,10,24H,3-4,7-8H2,1-2H3,(H,17,18,20)/t10-/m0/s1. The molecule has 3 aromatic heterocycles. The highest BCUT2D eigenvalue weighted by Gasteiger charge is 2.24. The number of aryl methyl sites for hydroxylation is 1. The van der Waals surface area contributed by atoms with Gasteiger partial charge in [-0.1, -0.05) is 0 Å². The highest BCUT2D eigenvalue weighted by atomic mass is 16.3. The first kappa shape index (κ1) is 16.5. The van der Waals surface area contributed by atoms with E-state index in [9.17, 15) is 14.7 Å². The topological polar surface area (TPSA) is 121 Å². The second-order valence-electron chi connectivity index (χ2n) is 6.49. The van der Waals surface area contributed by atoms with Gasteiger partial charge >= 0.3 is 0 Å². The molecule has 0 saturated heterocycles. The van der Waals surface area contributed by atoms with E-state index in [1.54, 1.807) is 18.7 Å². The second kappa shape index (κ2) is 6.06. The van der Waals surface area contributed by atoms with Gasteiger partial charge in [0.25, 0.3) is 11.3 Å². The van der Waals surface area contributed by atoms with E-state index >= 15 is 0 Å². The number of aliphatic hydroxyl groups excluding tert-OH is 1. The molecule has 3 aromatic rings. The quantitative estimate of drug-likeness (QED) is 0.655. The Balaban J connectivity index is 1.52. The van der Waals surface area contributed by atoms with Crippen molar-refractivity contribution in [2.75, 3.05) is 6.54 Å². The predicted molar refractivity (Wildman–Crippen MR) is 90.3 cm³/mol. The highest BCUT2D eigenvalue weighted by molar-refractivity contribution is 5.78. The molecule has 10 heteroatoms. The molecule has 0 aromatic carbocycles. The molecule has 1 atom stereocenters. The predicted octanol–water partition coefficient (Wildman–Crippen LogP) is -0.439. The van der Waals surface area contributed by atoms with Crippen LogP contribution in [0.4, 0.5) is 0 Å². The molecule has 136 valence electrons. The first-order chi connectivity index (χ1) is 12.4. The molecule has 0 spiro atoms. The number of hydrogen-bond donors (Lipinski definition) is 2. The lowest BCUT2D eigenvalue weighted by molar-refractivity contribution is -0.132. The number of hydrogen-bond acceptors (Lipinski definition) is 6. The van der Waals surface area contributed by atoms with Crippen LogP contribution in [0.3, 0.4) is 0 Å². The summed E-state index contributed by atoms with van der Waals surface area (Å²) < 4.78 is 3.05. The number of carbonyl (C=O) groups is 1. The third kappa shape index (κ3) is 2.88. The maximum absolute atomic E-state index is 12.6. The molecule has 0 bridgehead atoms. The van der Waals surface area contributed by atoms with Crippen LogP contribution in [0.2, 0.25) is 0 Å². The number of rotatable bonds is 3. The summed E-state index contributed by atoms with van der Waals surface area (Å²) in [5.74, 6) is 0.560. The third-order valence-corrected chi connectivity index (χ3v) is 4.42. The number of nitrogens with zero attached hydrogens (tertiary/aromatic N) is 6. The smallest absolute Gasteiger partial charge is 0.274 e. The molecule has 0 fully saturated rings. The number of H-pyrrole nitrogens is 1. The van der Waals surface area contributed by atoms with Crippen LogP contribution in [-0.4, -0.2) is 51.8 Å². The summed E-state index contributed by atoms with van der Waals surface area (Å²) in [6, 6.07) is 3.22. The SMILES string of the molecule is Cc1cc(=O)n2[nH]c(CC(=O)N3CCn4nc([C@H](C)O)cc4C3)nc2n1. The summed E-state index contributed by atoms with van der Waals surface area (Å²) in [4.78, 5) is 34.7. The lowest BCUT2D eigenvalue weighted by Crippen LogP contribution is -2.39. The monoisotopic (exact) mass is 357 g/mol. The van der Waals surface area contributed by atoms with Crippen LogP contribution in [-0.2, 0) is 24.3 Å². The van der Waals surface area contributed by atoms with E-state index in [1.807, 2.05) is 10.7 Å². The van der Waals surface area contributed by atoms with Crippen molar-refractivity contribution in [3.05, 3.63) is 45.4 Å². The van der Waals surface area contributed by atoms with Gasteiger partial charge < -0.3 is 10.0 Å². The van der Waals surface area contributed by atoms with Crippen LogP contribution in [0, 0.1) is 6.92 Å². The first-order valence-corrected chi connectivity index (χ1v) is 8.38. The van der Waals surface area contributed by atoms with Gasteiger partial charge in [-0.2, -0.15) is 14.6 Å². The molecule has 0 saturated carbocycles. The maximum Gasteiger partial charge on any atom is 0.274 e. The van der Waals surface area contributed by atoms with Crippen LogP contribution >= 0.6 is 0 Å². The number of aromatic nitrogens is 6. The molecule has 1 aliphatic heterocycles. The largest absolute Gasteiger partial charge is 0.387 e. The lowest BCUT2D eigenvalue weighted by Gasteiger charge is -2.27. The Morgan fingerprint density at radius 3 is 2.92 bits per heavy atom. The zero-order valence-corrected chi connectivity index (χ0v) is 14.5. The van der Waals surface area contributed by atoms with E-state index in [4.69, 9.17) is 0 Å². The van der Waals surface area contributed by atoms with Crippen LogP contribution in [0.25, 0.3) is 5.78 Å². The Bertz CT molecular complexity index is 1050. The molecule has 10 nitrogen and oxygen atoms in total. The molecule has 0 radical (unpaired) electrons. The average molecular weight is 357 g/mol. The lowest BCUT2D eigenvalue weighted by atomic mass is 10.2. The van der Waals surface area contributed by atoms with Crippen molar-refractivity contribution in [1.29, 1.82) is 0 Å². The van der Waals surface area contributed by atoms with Crippen LogP contribution in [0.15, 0.2) is 16.9 Å². The molecule has 26 heavy (non-hydrogen) atoms. The summed E-state index contributed by atoms with van der Waals surface area (Å²) >= 11 is 0. The molecular weight excluding hydrogens is 338 g/mol. The Labute approximate surface area is 148 Å². The fraction of sp³-hybridized carbons (Fsp3) is 0.438. The molecular formula is C16H19N7O3. The van der Waals surface area contributed by atoms with Crippen molar-refractivity contribution < 1.29 is 9.90 Å². The van der Waals surface area contributed by atoms with Crippen molar-refractivity contribution in [3.8, 4) is 0 Å². The second-order valence-corrected chi connectivity index (χ2v) is 6.49. The van der Waals surface area contributed by atoms with E-state index in [-0.39, 0.29) is 23.7 Å². The summed E-state index contributed by atoms with van der Waals surface area (Å²) in [5, 5.41) is 16.8. The zero-order valence-electron chi connectivity index (χ0n) is 14.5. The minimum Gasteiger partial charge on any atom is -0.387 e. The van der Waals surface area contributed by atoms with Gasteiger partial charge in [0.15, 0.2) is 0 Å². The van der Waals surface area contributed by atoms with E-state index in [1.165, 1.54) is 10.6 Å². The van der Waals surface area contributed by atoms with E-state index < -0.39 is 6.10 Å². The minimum atomic E-state index is -0.637. The maximum atomic E-state index is 12.6. The minimum absolute atomic E-state index is 0.0548. The van der Waals surface area contributed by atoms with Gasteiger partial charge in [0, 0.05) is 18.3 Å². The number of carbonyl (C=O) groups excluding carboxylic acids is 1. The fourth-order valence-electron chi connectivity index (χ4n) is 3.08. The van der Waals surface area contributed by atoms with E-state index in [2.05, 4.69) is 20.2 Å². The zero-order chi connectivity index (χ0) is 18.4. The van der Waals surface area contributed by atoms with Gasteiger partial charge in [-0.15, -0.1) is 0 Å². The summed E-state index contributed by atoms with van der Waals surface area (Å²) in [5.41, 5.74) is 1.81. The first-order valence-electron chi connectivity index (χ1n) is 8.38. The molecule has 2 N–H and O–H groups in total. The highest BCUT2D eigenvalue weighted by Crippen LogP contribution is 2.18. The summed E-state index contributed by atoms with van der Waals surface area (Å²) in [6.07, 6.45) is -0.582. The Kier molecular flexibility index (Phi) is 3.83. The van der Waals surface area contributed by atoms with Gasteiger partial charge in [0.2, 0.25) is 5.91 Å². The normalized spacial score (nSPS) is 15.3. The fourth-order valence-corrected chi connectivity index (χ4v) is 3.08. The Hall–Kier alpha value is -3.01. The Morgan fingerprint density at radius 2 is 2.15 bits per heavy atom. The molecule has 0 unspecified atom stereocenters. The third-order valence-electron chi connectivity index (χ3n) is 4.42. The van der Waals surface area contributed by atoms with Gasteiger partial charge in [-0.3, -0.25) is 19.4 Å². The van der Waals surface area contributed by atoms with Gasteiger partial charge in [-0.25, -0.2) is 4.98 Å². The van der Waals surface area contributed by atoms with Crippen LogP contribution in [0.5, 0.6) is 0 Å². The number of nitrogens with one attached hydrogen (secondary N) is 1. The van der Waals surface area contributed by atoms with Crippen molar-refractivity contribution in [2.45, 2.75) is 39.5 Å². The van der Waals surface area contributed by atoms with Crippen molar-refractivity contribution in [3.63, 3.8) is 0 Å². The van der Waals surface area contributed by atoms with Crippen molar-refractivity contribution in [1.82, 2.24) is 34.3 Å². The van der Waals surface area contributed by atoms with Crippen molar-refractivity contribution >= 4 is 11.7 Å². The summed E-state index contributed by atoms with van der Waals surface area (Å²) in [7, 11) is 0. The van der Waals surface area contributed by atoms with Gasteiger partial charge in [-0.05, 0) is 19.9 Å². The molecule has 1 aliphatic rings. The van der Waals surface area contributed by atoms with Gasteiger partial charge in [0.05, 0.1) is 37.0 Å². The number of aliphatic hydroxyl groups is 1. The van der Waals surface area contributed by atoms with Crippen molar-refractivity contribution in [2.24, 2.45) is 0 Å². The molecule has 4 rings (SSSR count). The van der Waals surface area contributed by atoms with Gasteiger partial charge in [0.1, 0.15) is 5.82 Å². The van der Waals surface area contributed by atoms with E-state index in [0.29, 0.717) is 36.8 Å². The molecule has 4 heterocycles. The number of aromatic amines is 1. The van der Waals surface area contributed by atoms with Crippen LogP contribution < -0.4 is 5.56 Å². The average Bonchev–Trinajstić information content (AvgIpc) is 3.17. The van der Waals surface area contributed by atoms with Crippen LogP contribution in [0.1, 0.15) is 35.9 Å². The Morgan fingerprint density at radius 1 is 1.35 bits per heavy atom.